The van der Waals surface area contributed by atoms with Gasteiger partial charge < -0.3 is 14.2 Å². The van der Waals surface area contributed by atoms with E-state index in [1.54, 1.807) is 7.11 Å². The molecule has 0 saturated heterocycles. The maximum Gasteiger partial charge on any atom is 0.240 e. The molecule has 7 nitrogen and oxygen atoms in total. The van der Waals surface area contributed by atoms with Gasteiger partial charge in [0.25, 0.3) is 0 Å². The summed E-state index contributed by atoms with van der Waals surface area (Å²) in [6, 6.07) is 0. The van der Waals surface area contributed by atoms with Gasteiger partial charge in [0.05, 0.1) is 6.54 Å². The Kier molecular flexibility index (Phi) is 6.54. The van der Waals surface area contributed by atoms with E-state index in [0.29, 0.717) is 24.9 Å². The summed E-state index contributed by atoms with van der Waals surface area (Å²) in [5.41, 5.74) is 1.12. The molecule has 0 aliphatic carbocycles. The summed E-state index contributed by atoms with van der Waals surface area (Å²) in [4.78, 5) is 14.3. The molecular formula is C15H25N5O2. The lowest BCUT2D eigenvalue weighted by atomic mass is 10.2. The fraction of sp³-hybridized carbons (Fsp3) is 0.667. The van der Waals surface area contributed by atoms with E-state index in [2.05, 4.69) is 38.9 Å². The number of H-pyrrole nitrogens is 1. The molecular weight excluding hydrogens is 282 g/mol. The number of unbranched alkanes of at least 4 members (excludes halogenated alkanes) is 1. The largest absolute Gasteiger partial charge is 0.377 e. The highest BCUT2D eigenvalue weighted by Gasteiger charge is 2.12. The van der Waals surface area contributed by atoms with Crippen LogP contribution in [0.3, 0.4) is 0 Å². The third kappa shape index (κ3) is 4.92. The van der Waals surface area contributed by atoms with E-state index in [1.807, 2.05) is 6.20 Å². The monoisotopic (exact) mass is 307 g/mol. The van der Waals surface area contributed by atoms with Crippen LogP contribution in [0.2, 0.25) is 0 Å². The van der Waals surface area contributed by atoms with Crippen molar-refractivity contribution in [3.8, 4) is 0 Å². The lowest BCUT2D eigenvalue weighted by molar-refractivity contribution is 0.174. The molecule has 122 valence electrons. The smallest absolute Gasteiger partial charge is 0.240 e. The first-order valence-electron chi connectivity index (χ1n) is 7.80. The van der Waals surface area contributed by atoms with Crippen LogP contribution in [0.25, 0.3) is 0 Å². The van der Waals surface area contributed by atoms with Crippen molar-refractivity contribution in [2.75, 3.05) is 13.7 Å². The molecule has 0 bridgehead atoms. The Morgan fingerprint density at radius 1 is 1.32 bits per heavy atom. The lowest BCUT2D eigenvalue weighted by Crippen LogP contribution is -2.22. The van der Waals surface area contributed by atoms with Gasteiger partial charge in [-0.25, -0.2) is 4.98 Å². The molecule has 0 spiro atoms. The minimum atomic E-state index is 0.372. The summed E-state index contributed by atoms with van der Waals surface area (Å²) in [6.45, 7) is 6.97. The normalized spacial score (nSPS) is 11.5. The standard InChI is InChI=1S/C15H25N5O2/c1-4-6-7-13-16-8-12(17-13)9-20(5-2)10-15-18-14(11-21-3)19-22-15/h8H,4-7,9-11H2,1-3H3,(H,16,17). The van der Waals surface area contributed by atoms with Crippen LogP contribution in [-0.2, 0) is 30.9 Å². The first-order valence-corrected chi connectivity index (χ1v) is 7.80. The van der Waals surface area contributed by atoms with Crippen LogP contribution in [0.4, 0.5) is 0 Å². The maximum absolute atomic E-state index is 5.24. The van der Waals surface area contributed by atoms with E-state index >= 15 is 0 Å². The summed E-state index contributed by atoms with van der Waals surface area (Å²) in [5.74, 6) is 2.25. The van der Waals surface area contributed by atoms with Crippen molar-refractivity contribution in [2.24, 2.45) is 0 Å². The number of aromatic amines is 1. The summed E-state index contributed by atoms with van der Waals surface area (Å²) < 4.78 is 10.2. The van der Waals surface area contributed by atoms with Gasteiger partial charge in [-0.05, 0) is 13.0 Å². The van der Waals surface area contributed by atoms with Gasteiger partial charge in [0.15, 0.2) is 5.82 Å². The molecule has 1 N–H and O–H groups in total. The fourth-order valence-electron chi connectivity index (χ4n) is 2.21. The molecule has 0 atom stereocenters. The number of aromatic nitrogens is 4. The predicted molar refractivity (Wildman–Crippen MR) is 82.0 cm³/mol. The number of hydrogen-bond donors (Lipinski definition) is 1. The molecule has 7 heteroatoms. The van der Waals surface area contributed by atoms with Gasteiger partial charge in [-0.15, -0.1) is 0 Å². The molecule has 2 aromatic rings. The molecule has 0 aliphatic rings. The quantitative estimate of drug-likeness (QED) is 0.725. The minimum absolute atomic E-state index is 0.372. The molecule has 2 aromatic heterocycles. The van der Waals surface area contributed by atoms with Crippen molar-refractivity contribution in [3.05, 3.63) is 29.4 Å². The Balaban J connectivity index is 1.89. The molecule has 0 unspecified atom stereocenters. The molecule has 2 heterocycles. The van der Waals surface area contributed by atoms with Crippen LogP contribution in [0.5, 0.6) is 0 Å². The Labute approximate surface area is 131 Å². The van der Waals surface area contributed by atoms with Crippen LogP contribution in [0.15, 0.2) is 10.7 Å². The Hall–Kier alpha value is -1.73. The molecule has 0 aromatic carbocycles. The zero-order valence-corrected chi connectivity index (χ0v) is 13.6. The summed E-state index contributed by atoms with van der Waals surface area (Å²) in [5, 5.41) is 3.88. The highest BCUT2D eigenvalue weighted by molar-refractivity contribution is 5.01. The predicted octanol–water partition coefficient (Wildman–Crippen LogP) is 2.30. The van der Waals surface area contributed by atoms with E-state index in [0.717, 1.165) is 37.4 Å². The molecule has 22 heavy (non-hydrogen) atoms. The van der Waals surface area contributed by atoms with Crippen LogP contribution < -0.4 is 0 Å². The van der Waals surface area contributed by atoms with E-state index in [-0.39, 0.29) is 0 Å². The second-order valence-corrected chi connectivity index (χ2v) is 5.30. The SMILES string of the molecule is CCCCc1ncc(CN(CC)Cc2nc(COC)no2)[nH]1. The first-order chi connectivity index (χ1) is 10.7. The van der Waals surface area contributed by atoms with Gasteiger partial charge in [0.2, 0.25) is 5.89 Å². The number of imidazole rings is 1. The van der Waals surface area contributed by atoms with Crippen molar-refractivity contribution in [1.82, 2.24) is 25.0 Å². The number of methoxy groups -OCH3 is 1. The minimum Gasteiger partial charge on any atom is -0.377 e. The van der Waals surface area contributed by atoms with E-state index in [4.69, 9.17) is 9.26 Å². The molecule has 0 fully saturated rings. The highest BCUT2D eigenvalue weighted by atomic mass is 16.5. The van der Waals surface area contributed by atoms with E-state index < -0.39 is 0 Å². The van der Waals surface area contributed by atoms with Gasteiger partial charge in [-0.3, -0.25) is 4.90 Å². The number of nitrogens with one attached hydrogen (secondary N) is 1. The molecule has 0 radical (unpaired) electrons. The number of nitrogens with zero attached hydrogens (tertiary/aromatic N) is 4. The van der Waals surface area contributed by atoms with Crippen molar-refractivity contribution in [1.29, 1.82) is 0 Å². The van der Waals surface area contributed by atoms with Crippen molar-refractivity contribution in [2.45, 2.75) is 52.8 Å². The molecule has 2 rings (SSSR count). The number of aryl methyl sites for hydroxylation is 1. The van der Waals surface area contributed by atoms with Gasteiger partial charge in [-0.1, -0.05) is 25.4 Å². The van der Waals surface area contributed by atoms with Crippen LogP contribution >= 0.6 is 0 Å². The van der Waals surface area contributed by atoms with Crippen LogP contribution in [0.1, 0.15) is 49.9 Å². The molecule has 0 aliphatic heterocycles. The second kappa shape index (κ2) is 8.65. The molecule has 0 saturated carbocycles. The Morgan fingerprint density at radius 2 is 2.18 bits per heavy atom. The lowest BCUT2D eigenvalue weighted by Gasteiger charge is -2.16. The average molecular weight is 307 g/mol. The topological polar surface area (TPSA) is 80.1 Å². The van der Waals surface area contributed by atoms with Gasteiger partial charge in [-0.2, -0.15) is 4.98 Å². The highest BCUT2D eigenvalue weighted by Crippen LogP contribution is 2.09. The van der Waals surface area contributed by atoms with Crippen LogP contribution in [0, 0.1) is 0 Å². The Bertz CT molecular complexity index is 552. The van der Waals surface area contributed by atoms with Gasteiger partial charge in [0.1, 0.15) is 12.4 Å². The number of ether oxygens (including phenoxy) is 1. The third-order valence-corrected chi connectivity index (χ3v) is 3.43. The van der Waals surface area contributed by atoms with Crippen molar-refractivity contribution in [3.63, 3.8) is 0 Å². The zero-order valence-electron chi connectivity index (χ0n) is 13.6. The first kappa shape index (κ1) is 16.6. The van der Waals surface area contributed by atoms with Gasteiger partial charge >= 0.3 is 0 Å². The Morgan fingerprint density at radius 3 is 2.91 bits per heavy atom. The fourth-order valence-corrected chi connectivity index (χ4v) is 2.21. The summed E-state index contributed by atoms with van der Waals surface area (Å²) in [6.07, 6.45) is 5.26. The number of rotatable bonds is 10. The second-order valence-electron chi connectivity index (χ2n) is 5.30. The van der Waals surface area contributed by atoms with Crippen LogP contribution in [-0.4, -0.2) is 38.7 Å². The summed E-state index contributed by atoms with van der Waals surface area (Å²) >= 11 is 0. The third-order valence-electron chi connectivity index (χ3n) is 3.43. The molecule has 0 amide bonds. The zero-order chi connectivity index (χ0) is 15.8. The maximum atomic E-state index is 5.24. The summed E-state index contributed by atoms with van der Waals surface area (Å²) in [7, 11) is 1.61. The number of hydrogen-bond acceptors (Lipinski definition) is 6. The van der Waals surface area contributed by atoms with Crippen molar-refractivity contribution < 1.29 is 9.26 Å². The van der Waals surface area contributed by atoms with E-state index in [1.165, 1.54) is 6.42 Å². The van der Waals surface area contributed by atoms with Crippen molar-refractivity contribution >= 4 is 0 Å². The van der Waals surface area contributed by atoms with E-state index in [9.17, 15) is 0 Å². The average Bonchev–Trinajstić information content (AvgIpc) is 3.14. The van der Waals surface area contributed by atoms with Gasteiger partial charge in [0, 0.05) is 32.0 Å².